The van der Waals surface area contributed by atoms with Crippen molar-refractivity contribution in [3.8, 4) is 5.75 Å². The third kappa shape index (κ3) is 3.06. The molecule has 1 atom stereocenters. The number of fused-ring (bicyclic) bond motifs is 1. The summed E-state index contributed by atoms with van der Waals surface area (Å²) in [6, 6.07) is 14.7. The zero-order valence-electron chi connectivity index (χ0n) is 11.8. The molecule has 0 fully saturated rings. The Balaban J connectivity index is 1.86. The van der Waals surface area contributed by atoms with Crippen LogP contribution in [0.2, 0.25) is 0 Å². The lowest BCUT2D eigenvalue weighted by Crippen LogP contribution is -2.35. The van der Waals surface area contributed by atoms with Crippen molar-refractivity contribution >= 4 is 0 Å². The van der Waals surface area contributed by atoms with Gasteiger partial charge in [0.05, 0.1) is 0 Å². The molecule has 110 valence electrons. The van der Waals surface area contributed by atoms with Gasteiger partial charge < -0.3 is 10.5 Å². The molecule has 0 saturated heterocycles. The van der Waals surface area contributed by atoms with Crippen LogP contribution in [0, 0.1) is 5.82 Å². The molecule has 1 unspecified atom stereocenters. The lowest BCUT2D eigenvalue weighted by atomic mass is 10.0. The van der Waals surface area contributed by atoms with Crippen LogP contribution in [0.5, 0.6) is 5.75 Å². The standard InChI is InChI=1S/C17H19FN2O/c18-15-7-5-13(6-8-15)16(11-19)20-9-10-21-17-4-2-1-3-14(17)12-20/h1-8,16H,9-12,19H2. The number of ether oxygens (including phenoxy) is 1. The summed E-state index contributed by atoms with van der Waals surface area (Å²) >= 11 is 0. The number of rotatable bonds is 3. The van der Waals surface area contributed by atoms with E-state index in [0.717, 1.165) is 30.0 Å². The third-order valence-electron chi connectivity index (χ3n) is 3.90. The average Bonchev–Trinajstić information content (AvgIpc) is 2.72. The Bertz CT molecular complexity index is 600. The second kappa shape index (κ2) is 6.24. The molecule has 0 saturated carbocycles. The zero-order valence-corrected chi connectivity index (χ0v) is 11.8. The van der Waals surface area contributed by atoms with Crippen LogP contribution in [-0.2, 0) is 6.54 Å². The summed E-state index contributed by atoms with van der Waals surface area (Å²) in [7, 11) is 0. The van der Waals surface area contributed by atoms with E-state index >= 15 is 0 Å². The van der Waals surface area contributed by atoms with Crippen molar-refractivity contribution < 1.29 is 9.13 Å². The van der Waals surface area contributed by atoms with Crippen molar-refractivity contribution in [2.75, 3.05) is 19.7 Å². The van der Waals surface area contributed by atoms with Crippen LogP contribution in [0.1, 0.15) is 17.2 Å². The van der Waals surface area contributed by atoms with Gasteiger partial charge in [0.25, 0.3) is 0 Å². The molecular weight excluding hydrogens is 267 g/mol. The van der Waals surface area contributed by atoms with E-state index in [1.165, 1.54) is 12.1 Å². The molecular formula is C17H19FN2O. The van der Waals surface area contributed by atoms with Crippen LogP contribution in [-0.4, -0.2) is 24.6 Å². The topological polar surface area (TPSA) is 38.5 Å². The van der Waals surface area contributed by atoms with Gasteiger partial charge in [-0.2, -0.15) is 0 Å². The summed E-state index contributed by atoms with van der Waals surface area (Å²) in [5.41, 5.74) is 8.17. The number of benzene rings is 2. The van der Waals surface area contributed by atoms with Gasteiger partial charge in [-0.15, -0.1) is 0 Å². The van der Waals surface area contributed by atoms with E-state index < -0.39 is 0 Å². The zero-order chi connectivity index (χ0) is 14.7. The molecule has 3 nitrogen and oxygen atoms in total. The minimum Gasteiger partial charge on any atom is -0.492 e. The number of nitrogens with zero attached hydrogens (tertiary/aromatic N) is 1. The molecule has 2 N–H and O–H groups in total. The summed E-state index contributed by atoms with van der Waals surface area (Å²) in [6.45, 7) is 2.71. The lowest BCUT2D eigenvalue weighted by Gasteiger charge is -2.29. The predicted octanol–water partition coefficient (Wildman–Crippen LogP) is 2.72. The smallest absolute Gasteiger partial charge is 0.123 e. The molecule has 0 aliphatic carbocycles. The van der Waals surface area contributed by atoms with Gasteiger partial charge in [-0.25, -0.2) is 4.39 Å². The quantitative estimate of drug-likeness (QED) is 0.943. The Kier molecular flexibility index (Phi) is 4.18. The molecule has 3 rings (SSSR count). The van der Waals surface area contributed by atoms with Gasteiger partial charge in [-0.3, -0.25) is 4.90 Å². The highest BCUT2D eigenvalue weighted by Gasteiger charge is 2.23. The van der Waals surface area contributed by atoms with Crippen LogP contribution in [0.15, 0.2) is 48.5 Å². The molecule has 1 aliphatic rings. The van der Waals surface area contributed by atoms with Crippen molar-refractivity contribution in [2.24, 2.45) is 5.73 Å². The fourth-order valence-corrected chi connectivity index (χ4v) is 2.79. The van der Waals surface area contributed by atoms with E-state index in [1.54, 1.807) is 0 Å². The summed E-state index contributed by atoms with van der Waals surface area (Å²) in [6.07, 6.45) is 0. The minimum atomic E-state index is -0.223. The highest BCUT2D eigenvalue weighted by molar-refractivity contribution is 5.34. The van der Waals surface area contributed by atoms with Gasteiger partial charge in [-0.1, -0.05) is 30.3 Å². The van der Waals surface area contributed by atoms with Crippen LogP contribution < -0.4 is 10.5 Å². The third-order valence-corrected chi connectivity index (χ3v) is 3.90. The highest BCUT2D eigenvalue weighted by Crippen LogP contribution is 2.28. The maximum Gasteiger partial charge on any atom is 0.123 e. The molecule has 0 aromatic heterocycles. The van der Waals surface area contributed by atoms with Crippen molar-refractivity contribution in [1.29, 1.82) is 0 Å². The van der Waals surface area contributed by atoms with Gasteiger partial charge in [0.15, 0.2) is 0 Å². The number of hydrogen-bond acceptors (Lipinski definition) is 3. The molecule has 0 spiro atoms. The van der Waals surface area contributed by atoms with E-state index in [4.69, 9.17) is 10.5 Å². The first-order valence-electron chi connectivity index (χ1n) is 7.18. The van der Waals surface area contributed by atoms with Gasteiger partial charge in [0, 0.05) is 31.2 Å². The molecule has 4 heteroatoms. The van der Waals surface area contributed by atoms with Gasteiger partial charge in [-0.05, 0) is 23.8 Å². The van der Waals surface area contributed by atoms with Crippen LogP contribution in [0.4, 0.5) is 4.39 Å². The number of para-hydroxylation sites is 1. The Labute approximate surface area is 124 Å². The summed E-state index contributed by atoms with van der Waals surface area (Å²) < 4.78 is 18.9. The van der Waals surface area contributed by atoms with E-state index in [2.05, 4.69) is 11.0 Å². The first-order valence-corrected chi connectivity index (χ1v) is 7.18. The Morgan fingerprint density at radius 3 is 2.67 bits per heavy atom. The van der Waals surface area contributed by atoms with Crippen molar-refractivity contribution in [3.05, 3.63) is 65.5 Å². The second-order valence-electron chi connectivity index (χ2n) is 5.23. The van der Waals surface area contributed by atoms with Gasteiger partial charge in [0.1, 0.15) is 18.2 Å². The Morgan fingerprint density at radius 2 is 1.90 bits per heavy atom. The van der Waals surface area contributed by atoms with Crippen LogP contribution in [0.25, 0.3) is 0 Å². The van der Waals surface area contributed by atoms with E-state index in [0.29, 0.717) is 13.2 Å². The average molecular weight is 286 g/mol. The lowest BCUT2D eigenvalue weighted by molar-refractivity contribution is 0.172. The molecule has 2 aromatic rings. The Hall–Kier alpha value is -1.91. The van der Waals surface area contributed by atoms with E-state index in [1.807, 2.05) is 30.3 Å². The SMILES string of the molecule is NCC(c1ccc(F)cc1)N1CCOc2ccccc2C1. The largest absolute Gasteiger partial charge is 0.492 e. The van der Waals surface area contributed by atoms with Gasteiger partial charge in [0.2, 0.25) is 0 Å². The molecule has 1 heterocycles. The predicted molar refractivity (Wildman–Crippen MR) is 80.5 cm³/mol. The highest BCUT2D eigenvalue weighted by atomic mass is 19.1. The molecule has 21 heavy (non-hydrogen) atoms. The number of hydrogen-bond donors (Lipinski definition) is 1. The van der Waals surface area contributed by atoms with Crippen molar-refractivity contribution in [2.45, 2.75) is 12.6 Å². The number of nitrogens with two attached hydrogens (primary N) is 1. The maximum atomic E-state index is 13.1. The summed E-state index contributed by atoms with van der Waals surface area (Å²) in [5, 5.41) is 0. The fraction of sp³-hybridized carbons (Fsp3) is 0.294. The monoisotopic (exact) mass is 286 g/mol. The molecule has 0 amide bonds. The molecule has 1 aliphatic heterocycles. The maximum absolute atomic E-state index is 13.1. The number of halogens is 1. The van der Waals surface area contributed by atoms with Crippen molar-refractivity contribution in [1.82, 2.24) is 4.90 Å². The van der Waals surface area contributed by atoms with Crippen molar-refractivity contribution in [3.63, 3.8) is 0 Å². The molecule has 0 radical (unpaired) electrons. The van der Waals surface area contributed by atoms with Gasteiger partial charge >= 0.3 is 0 Å². The summed E-state index contributed by atoms with van der Waals surface area (Å²) in [4.78, 5) is 2.29. The fourth-order valence-electron chi connectivity index (χ4n) is 2.79. The van der Waals surface area contributed by atoms with Crippen LogP contribution >= 0.6 is 0 Å². The van der Waals surface area contributed by atoms with E-state index in [9.17, 15) is 4.39 Å². The Morgan fingerprint density at radius 1 is 1.14 bits per heavy atom. The molecule has 0 bridgehead atoms. The minimum absolute atomic E-state index is 0.0698. The summed E-state index contributed by atoms with van der Waals surface area (Å²) in [5.74, 6) is 0.717. The normalized spacial score (nSPS) is 16.7. The second-order valence-corrected chi connectivity index (χ2v) is 5.23. The first-order chi connectivity index (χ1) is 10.3. The first kappa shape index (κ1) is 14.0. The van der Waals surface area contributed by atoms with E-state index in [-0.39, 0.29) is 11.9 Å². The van der Waals surface area contributed by atoms with Crippen LogP contribution in [0.3, 0.4) is 0 Å². The molecule has 2 aromatic carbocycles.